The number of rotatable bonds is 4. The summed E-state index contributed by atoms with van der Waals surface area (Å²) in [6, 6.07) is 10.1. The third-order valence-corrected chi connectivity index (χ3v) is 5.59. The lowest BCUT2D eigenvalue weighted by molar-refractivity contribution is -0.146. The summed E-state index contributed by atoms with van der Waals surface area (Å²) in [6.07, 6.45) is 1.38. The average Bonchev–Trinajstić information content (AvgIpc) is 2.72. The van der Waals surface area contributed by atoms with Gasteiger partial charge in [-0.3, -0.25) is 14.4 Å². The number of carbonyl (C=O) groups excluding carboxylic acids is 2. The smallest absolute Gasteiger partial charge is 0.315 e. The number of anilines is 1. The highest BCUT2D eigenvalue weighted by Gasteiger charge is 2.35. The van der Waals surface area contributed by atoms with Crippen molar-refractivity contribution in [2.75, 3.05) is 12.4 Å². The Morgan fingerprint density at radius 2 is 1.69 bits per heavy atom. The zero-order valence-corrected chi connectivity index (χ0v) is 19.1. The van der Waals surface area contributed by atoms with Crippen LogP contribution in [0.4, 0.5) is 5.69 Å². The summed E-state index contributed by atoms with van der Waals surface area (Å²) >= 11 is 0. The van der Waals surface area contributed by atoms with E-state index in [4.69, 9.17) is 4.74 Å². The lowest BCUT2D eigenvalue weighted by Crippen LogP contribution is -2.31. The largest absolute Gasteiger partial charge is 0.508 e. The van der Waals surface area contributed by atoms with Gasteiger partial charge in [-0.15, -0.1) is 0 Å². The molecule has 7 nitrogen and oxygen atoms in total. The van der Waals surface area contributed by atoms with E-state index in [9.17, 15) is 19.5 Å². The molecule has 0 aliphatic heterocycles. The molecular formula is C25H28N2O5. The Hall–Kier alpha value is -3.61. The van der Waals surface area contributed by atoms with Crippen LogP contribution in [0, 0.1) is 0 Å². The number of aromatic nitrogens is 1. The van der Waals surface area contributed by atoms with Crippen LogP contribution < -0.4 is 10.7 Å². The van der Waals surface area contributed by atoms with Crippen LogP contribution in [0.3, 0.4) is 0 Å². The first-order valence-electron chi connectivity index (χ1n) is 10.3. The van der Waals surface area contributed by atoms with Crippen molar-refractivity contribution in [3.63, 3.8) is 0 Å². The van der Waals surface area contributed by atoms with Crippen molar-refractivity contribution < 1.29 is 19.4 Å². The van der Waals surface area contributed by atoms with E-state index in [1.165, 1.54) is 19.4 Å². The number of nitrogens with one attached hydrogen (secondary N) is 2. The molecule has 0 aliphatic rings. The van der Waals surface area contributed by atoms with Crippen molar-refractivity contribution in [3.05, 3.63) is 69.5 Å². The number of methoxy groups -OCH3 is 1. The standard InChI is InChI=1S/C25H28N2O5/c1-24(2,3)16-11-17(25(4,5)23(31)32-6)20(28)12-19(16)27-22(30)15-13-26-18-10-8-7-9-14(18)21(15)29/h7-13,28H,1-6H3,(H,26,29)(H,27,30). The molecule has 0 spiro atoms. The molecule has 3 N–H and O–H groups in total. The van der Waals surface area contributed by atoms with Gasteiger partial charge in [0.2, 0.25) is 5.43 Å². The molecule has 1 amide bonds. The van der Waals surface area contributed by atoms with Crippen LogP contribution >= 0.6 is 0 Å². The second-order valence-corrected chi connectivity index (χ2v) is 9.31. The number of aromatic hydroxyl groups is 1. The minimum absolute atomic E-state index is 0.0398. The molecule has 32 heavy (non-hydrogen) atoms. The first kappa shape index (κ1) is 23.1. The van der Waals surface area contributed by atoms with Crippen LogP contribution in [0.1, 0.15) is 56.1 Å². The number of phenols is 1. The minimum Gasteiger partial charge on any atom is -0.508 e. The summed E-state index contributed by atoms with van der Waals surface area (Å²) in [5.74, 6) is -1.25. The number of H-pyrrole nitrogens is 1. The van der Waals surface area contributed by atoms with Crippen molar-refractivity contribution >= 4 is 28.5 Å². The number of pyridine rings is 1. The van der Waals surface area contributed by atoms with Crippen LogP contribution in [0.15, 0.2) is 47.4 Å². The molecule has 7 heteroatoms. The summed E-state index contributed by atoms with van der Waals surface area (Å²) < 4.78 is 4.89. The number of aromatic amines is 1. The summed E-state index contributed by atoms with van der Waals surface area (Å²) in [5.41, 5.74) is 0.116. The molecule has 0 unspecified atom stereocenters. The molecule has 3 aromatic rings. The lowest BCUT2D eigenvalue weighted by Gasteiger charge is -2.29. The van der Waals surface area contributed by atoms with Gasteiger partial charge >= 0.3 is 5.97 Å². The van der Waals surface area contributed by atoms with Gasteiger partial charge in [-0.25, -0.2) is 0 Å². The first-order valence-corrected chi connectivity index (χ1v) is 10.3. The molecule has 1 heterocycles. The third kappa shape index (κ3) is 4.10. The molecule has 3 rings (SSSR count). The van der Waals surface area contributed by atoms with E-state index in [-0.39, 0.29) is 16.7 Å². The normalized spacial score (nSPS) is 11.9. The SMILES string of the molecule is COC(=O)C(C)(C)c1cc(C(C)(C)C)c(NC(=O)c2c[nH]c3ccccc3c2=O)cc1O. The highest BCUT2D eigenvalue weighted by Crippen LogP contribution is 2.40. The highest BCUT2D eigenvalue weighted by atomic mass is 16.5. The maximum absolute atomic E-state index is 13.0. The van der Waals surface area contributed by atoms with Crippen molar-refractivity contribution in [1.82, 2.24) is 4.98 Å². The van der Waals surface area contributed by atoms with Crippen LogP contribution in [-0.4, -0.2) is 29.1 Å². The molecule has 0 radical (unpaired) electrons. The van der Waals surface area contributed by atoms with Crippen LogP contribution in [0.2, 0.25) is 0 Å². The van der Waals surface area contributed by atoms with Gasteiger partial charge in [-0.2, -0.15) is 0 Å². The molecule has 0 aliphatic carbocycles. The predicted octanol–water partition coefficient (Wildman–Crippen LogP) is 4.23. The molecular weight excluding hydrogens is 408 g/mol. The second-order valence-electron chi connectivity index (χ2n) is 9.31. The molecule has 0 bridgehead atoms. The number of amides is 1. The van der Waals surface area contributed by atoms with E-state index in [2.05, 4.69) is 10.3 Å². The zero-order chi connectivity index (χ0) is 23.8. The fraction of sp³-hybridized carbons (Fsp3) is 0.320. The van der Waals surface area contributed by atoms with Gasteiger partial charge in [0.25, 0.3) is 5.91 Å². The first-order chi connectivity index (χ1) is 14.9. The quantitative estimate of drug-likeness (QED) is 0.530. The zero-order valence-electron chi connectivity index (χ0n) is 19.1. The number of carbonyl (C=O) groups is 2. The van der Waals surface area contributed by atoms with E-state index in [1.807, 2.05) is 20.8 Å². The van der Waals surface area contributed by atoms with Gasteiger partial charge in [-0.05, 0) is 43.0 Å². The van der Waals surface area contributed by atoms with E-state index in [0.29, 0.717) is 27.7 Å². The van der Waals surface area contributed by atoms with E-state index in [0.717, 1.165) is 0 Å². The Morgan fingerprint density at radius 1 is 1.03 bits per heavy atom. The molecule has 0 fully saturated rings. The fourth-order valence-corrected chi connectivity index (χ4v) is 3.70. The molecule has 0 atom stereocenters. The van der Waals surface area contributed by atoms with Gasteiger partial charge in [0.1, 0.15) is 11.3 Å². The molecule has 0 saturated carbocycles. The van der Waals surface area contributed by atoms with Crippen molar-refractivity contribution in [1.29, 1.82) is 0 Å². The monoisotopic (exact) mass is 436 g/mol. The number of fused-ring (bicyclic) bond motifs is 1. The number of esters is 1. The predicted molar refractivity (Wildman–Crippen MR) is 124 cm³/mol. The summed E-state index contributed by atoms with van der Waals surface area (Å²) in [4.78, 5) is 41.1. The van der Waals surface area contributed by atoms with Crippen LogP contribution in [-0.2, 0) is 20.4 Å². The Bertz CT molecular complexity index is 1270. The number of hydrogen-bond donors (Lipinski definition) is 3. The number of phenolic OH excluding ortho intramolecular Hbond substituents is 1. The Labute approximate surface area is 186 Å². The van der Waals surface area contributed by atoms with Crippen LogP contribution in [0.25, 0.3) is 10.9 Å². The van der Waals surface area contributed by atoms with Gasteiger partial charge in [0.05, 0.1) is 12.5 Å². The maximum Gasteiger partial charge on any atom is 0.315 e. The Kier molecular flexibility index (Phi) is 5.87. The Morgan fingerprint density at radius 3 is 2.31 bits per heavy atom. The fourth-order valence-electron chi connectivity index (χ4n) is 3.70. The van der Waals surface area contributed by atoms with E-state index in [1.54, 1.807) is 44.2 Å². The van der Waals surface area contributed by atoms with Gasteiger partial charge in [0, 0.05) is 34.4 Å². The van der Waals surface area contributed by atoms with Crippen molar-refractivity contribution in [2.24, 2.45) is 0 Å². The maximum atomic E-state index is 13.0. The van der Waals surface area contributed by atoms with Gasteiger partial charge < -0.3 is 20.1 Å². The third-order valence-electron chi connectivity index (χ3n) is 5.59. The van der Waals surface area contributed by atoms with E-state index >= 15 is 0 Å². The molecule has 168 valence electrons. The average molecular weight is 437 g/mol. The summed E-state index contributed by atoms with van der Waals surface area (Å²) in [7, 11) is 1.29. The summed E-state index contributed by atoms with van der Waals surface area (Å²) in [6.45, 7) is 9.17. The molecule has 2 aromatic carbocycles. The molecule has 0 saturated heterocycles. The summed E-state index contributed by atoms with van der Waals surface area (Å²) in [5, 5.41) is 13.9. The van der Waals surface area contributed by atoms with Crippen molar-refractivity contribution in [3.8, 4) is 5.75 Å². The highest BCUT2D eigenvalue weighted by molar-refractivity contribution is 6.06. The van der Waals surface area contributed by atoms with Gasteiger partial charge in [-0.1, -0.05) is 32.9 Å². The Balaban J connectivity index is 2.09. The topological polar surface area (TPSA) is 108 Å². The minimum atomic E-state index is -1.10. The van der Waals surface area contributed by atoms with E-state index < -0.39 is 22.7 Å². The number of benzene rings is 2. The molecule has 1 aromatic heterocycles. The number of para-hydroxylation sites is 1. The van der Waals surface area contributed by atoms with Crippen molar-refractivity contribution in [2.45, 2.75) is 45.4 Å². The number of ether oxygens (including phenoxy) is 1. The van der Waals surface area contributed by atoms with Crippen LogP contribution in [0.5, 0.6) is 5.75 Å². The second kappa shape index (κ2) is 8.15. The van der Waals surface area contributed by atoms with Gasteiger partial charge in [0.15, 0.2) is 0 Å². The number of hydrogen-bond acceptors (Lipinski definition) is 5. The lowest BCUT2D eigenvalue weighted by atomic mass is 9.78.